The number of aryl methyl sites for hydroxylation is 1. The van der Waals surface area contributed by atoms with Crippen molar-refractivity contribution in [2.45, 2.75) is 32.2 Å². The number of fused-ring (bicyclic) bond motifs is 1. The lowest BCUT2D eigenvalue weighted by Gasteiger charge is -2.20. The molecule has 0 bridgehead atoms. The molecule has 2 heterocycles. The van der Waals surface area contributed by atoms with Crippen LogP contribution in [0.2, 0.25) is 0 Å². The summed E-state index contributed by atoms with van der Waals surface area (Å²) < 4.78 is 2.19. The molecule has 1 aliphatic rings. The van der Waals surface area contributed by atoms with Gasteiger partial charge in [-0.3, -0.25) is 4.57 Å². The largest absolute Gasteiger partial charge is 0.330 e. The number of imidazole rings is 1. The molecule has 4 nitrogen and oxygen atoms in total. The van der Waals surface area contributed by atoms with Crippen LogP contribution >= 0.6 is 0 Å². The lowest BCUT2D eigenvalue weighted by atomic mass is 9.93. The van der Waals surface area contributed by atoms with E-state index in [1.165, 1.54) is 23.4 Å². The van der Waals surface area contributed by atoms with Crippen molar-refractivity contribution in [2.75, 3.05) is 0 Å². The molecule has 0 saturated carbocycles. The van der Waals surface area contributed by atoms with Crippen LogP contribution in [0.15, 0.2) is 18.5 Å². The summed E-state index contributed by atoms with van der Waals surface area (Å²) in [5.41, 5.74) is 9.96. The summed E-state index contributed by atoms with van der Waals surface area (Å²) in [5.74, 6) is 0.896. The molecule has 0 saturated heterocycles. The standard InChI is InChI=1S/C12H16N4/c1-8-7-9-10(13)3-2-4-11(9)16(8)12-14-5-6-15-12/h5-7,10H,2-4,13H2,1H3,(H,14,15). The van der Waals surface area contributed by atoms with Gasteiger partial charge in [-0.15, -0.1) is 0 Å². The Bertz CT molecular complexity index is 495. The number of hydrogen-bond donors (Lipinski definition) is 2. The minimum Gasteiger partial charge on any atom is -0.330 e. The van der Waals surface area contributed by atoms with Crippen LogP contribution in [0.5, 0.6) is 0 Å². The minimum atomic E-state index is 0.193. The Hall–Kier alpha value is -1.55. The van der Waals surface area contributed by atoms with Crippen molar-refractivity contribution in [3.8, 4) is 5.95 Å². The van der Waals surface area contributed by atoms with Crippen LogP contribution in [0.4, 0.5) is 0 Å². The van der Waals surface area contributed by atoms with E-state index in [1.54, 1.807) is 6.20 Å². The van der Waals surface area contributed by atoms with E-state index in [4.69, 9.17) is 5.73 Å². The van der Waals surface area contributed by atoms with E-state index in [2.05, 4.69) is 27.5 Å². The van der Waals surface area contributed by atoms with Gasteiger partial charge in [-0.1, -0.05) is 0 Å². The van der Waals surface area contributed by atoms with Crippen LogP contribution in [-0.4, -0.2) is 14.5 Å². The Kier molecular flexibility index (Phi) is 2.11. The molecule has 16 heavy (non-hydrogen) atoms. The molecule has 0 amide bonds. The van der Waals surface area contributed by atoms with Crippen LogP contribution in [0.1, 0.15) is 35.8 Å². The second kappa shape index (κ2) is 3.49. The summed E-state index contributed by atoms with van der Waals surface area (Å²) in [6, 6.07) is 2.39. The maximum atomic E-state index is 6.14. The zero-order valence-corrected chi connectivity index (χ0v) is 9.40. The van der Waals surface area contributed by atoms with E-state index in [0.717, 1.165) is 18.8 Å². The highest BCUT2D eigenvalue weighted by molar-refractivity contribution is 5.37. The first-order valence-electron chi connectivity index (χ1n) is 5.74. The predicted molar refractivity (Wildman–Crippen MR) is 62.5 cm³/mol. The number of aromatic nitrogens is 3. The van der Waals surface area contributed by atoms with Gasteiger partial charge in [-0.25, -0.2) is 4.98 Å². The number of hydrogen-bond acceptors (Lipinski definition) is 2. The molecule has 84 valence electrons. The van der Waals surface area contributed by atoms with E-state index in [1.807, 2.05) is 6.20 Å². The van der Waals surface area contributed by atoms with Crippen molar-refractivity contribution in [3.63, 3.8) is 0 Å². The summed E-state index contributed by atoms with van der Waals surface area (Å²) in [4.78, 5) is 7.48. The molecule has 1 atom stereocenters. The molecule has 1 unspecified atom stereocenters. The fraction of sp³-hybridized carbons (Fsp3) is 0.417. The van der Waals surface area contributed by atoms with E-state index in [-0.39, 0.29) is 6.04 Å². The highest BCUT2D eigenvalue weighted by atomic mass is 15.2. The number of nitrogens with one attached hydrogen (secondary N) is 1. The Labute approximate surface area is 94.5 Å². The lowest BCUT2D eigenvalue weighted by molar-refractivity contribution is 0.558. The van der Waals surface area contributed by atoms with E-state index >= 15 is 0 Å². The third-order valence-electron chi connectivity index (χ3n) is 3.34. The Morgan fingerprint density at radius 1 is 1.56 bits per heavy atom. The molecular formula is C12H16N4. The zero-order valence-electron chi connectivity index (χ0n) is 9.40. The second-order valence-corrected chi connectivity index (χ2v) is 4.43. The molecule has 0 fully saturated rings. The molecule has 0 aromatic carbocycles. The summed E-state index contributed by atoms with van der Waals surface area (Å²) in [6.07, 6.45) is 6.98. The van der Waals surface area contributed by atoms with Gasteiger partial charge in [-0.05, 0) is 37.8 Å². The van der Waals surface area contributed by atoms with Gasteiger partial charge in [0, 0.05) is 29.8 Å². The fourth-order valence-corrected chi connectivity index (χ4v) is 2.61. The monoisotopic (exact) mass is 216 g/mol. The minimum absolute atomic E-state index is 0.193. The number of H-pyrrole nitrogens is 1. The average Bonchev–Trinajstić information content (AvgIpc) is 2.85. The molecule has 0 spiro atoms. The van der Waals surface area contributed by atoms with Gasteiger partial charge in [0.1, 0.15) is 0 Å². The van der Waals surface area contributed by atoms with Crippen molar-refractivity contribution >= 4 is 0 Å². The van der Waals surface area contributed by atoms with Crippen LogP contribution in [0.3, 0.4) is 0 Å². The first-order chi connectivity index (χ1) is 7.77. The molecule has 1 aliphatic carbocycles. The van der Waals surface area contributed by atoms with Gasteiger partial charge in [0.15, 0.2) is 0 Å². The van der Waals surface area contributed by atoms with Crippen molar-refractivity contribution in [3.05, 3.63) is 35.4 Å². The predicted octanol–water partition coefficient (Wildman–Crippen LogP) is 1.84. The van der Waals surface area contributed by atoms with Crippen LogP contribution in [0, 0.1) is 6.92 Å². The molecule has 0 radical (unpaired) electrons. The second-order valence-electron chi connectivity index (χ2n) is 4.43. The molecule has 0 aliphatic heterocycles. The van der Waals surface area contributed by atoms with Crippen LogP contribution in [0.25, 0.3) is 5.95 Å². The smallest absolute Gasteiger partial charge is 0.211 e. The van der Waals surface area contributed by atoms with Crippen molar-refractivity contribution in [1.82, 2.24) is 14.5 Å². The third-order valence-corrected chi connectivity index (χ3v) is 3.34. The molecule has 2 aromatic rings. The maximum Gasteiger partial charge on any atom is 0.211 e. The fourth-order valence-electron chi connectivity index (χ4n) is 2.61. The van der Waals surface area contributed by atoms with Gasteiger partial charge in [0.2, 0.25) is 5.95 Å². The van der Waals surface area contributed by atoms with Crippen molar-refractivity contribution in [2.24, 2.45) is 5.73 Å². The zero-order chi connectivity index (χ0) is 11.1. The number of aromatic amines is 1. The van der Waals surface area contributed by atoms with Gasteiger partial charge < -0.3 is 10.7 Å². The van der Waals surface area contributed by atoms with E-state index in [9.17, 15) is 0 Å². The Morgan fingerprint density at radius 3 is 3.19 bits per heavy atom. The highest BCUT2D eigenvalue weighted by Crippen LogP contribution is 2.31. The quantitative estimate of drug-likeness (QED) is 0.764. The summed E-state index contributed by atoms with van der Waals surface area (Å²) >= 11 is 0. The van der Waals surface area contributed by atoms with Gasteiger partial charge in [-0.2, -0.15) is 0 Å². The molecular weight excluding hydrogens is 200 g/mol. The van der Waals surface area contributed by atoms with Gasteiger partial charge in [0.05, 0.1) is 0 Å². The summed E-state index contributed by atoms with van der Waals surface area (Å²) in [6.45, 7) is 2.10. The topological polar surface area (TPSA) is 59.6 Å². The third kappa shape index (κ3) is 1.30. The van der Waals surface area contributed by atoms with Gasteiger partial charge >= 0.3 is 0 Å². The van der Waals surface area contributed by atoms with Crippen molar-refractivity contribution < 1.29 is 0 Å². The maximum absolute atomic E-state index is 6.14. The molecule has 2 aromatic heterocycles. The Morgan fingerprint density at radius 2 is 2.44 bits per heavy atom. The van der Waals surface area contributed by atoms with E-state index < -0.39 is 0 Å². The van der Waals surface area contributed by atoms with E-state index in [0.29, 0.717) is 0 Å². The lowest BCUT2D eigenvalue weighted by Crippen LogP contribution is -2.18. The first kappa shape index (κ1) is 9.66. The summed E-state index contributed by atoms with van der Waals surface area (Å²) in [7, 11) is 0. The number of nitrogens with two attached hydrogens (primary N) is 1. The van der Waals surface area contributed by atoms with Crippen molar-refractivity contribution in [1.29, 1.82) is 0 Å². The first-order valence-corrected chi connectivity index (χ1v) is 5.74. The highest BCUT2D eigenvalue weighted by Gasteiger charge is 2.23. The normalized spacial score (nSPS) is 19.8. The van der Waals surface area contributed by atoms with Crippen LogP contribution < -0.4 is 5.73 Å². The van der Waals surface area contributed by atoms with Gasteiger partial charge in [0.25, 0.3) is 0 Å². The summed E-state index contributed by atoms with van der Waals surface area (Å²) in [5, 5.41) is 0. The molecule has 4 heteroatoms. The molecule has 3 rings (SSSR count). The number of rotatable bonds is 1. The SMILES string of the molecule is Cc1cc2c(n1-c1ncc[nH]1)CCCC2N. The van der Waals surface area contributed by atoms with Crippen LogP contribution in [-0.2, 0) is 6.42 Å². The number of nitrogens with zero attached hydrogens (tertiary/aromatic N) is 2. The Balaban J connectivity index is 2.19. The molecule has 3 N–H and O–H groups in total. The average molecular weight is 216 g/mol.